The van der Waals surface area contributed by atoms with E-state index in [1.165, 1.54) is 11.2 Å². The van der Waals surface area contributed by atoms with Gasteiger partial charge in [-0.25, -0.2) is 4.68 Å². The van der Waals surface area contributed by atoms with Gasteiger partial charge in [0, 0.05) is 18.0 Å². The highest BCUT2D eigenvalue weighted by atomic mass is 16.3. The van der Waals surface area contributed by atoms with Crippen molar-refractivity contribution in [2.24, 2.45) is 0 Å². The Balaban J connectivity index is 1.83. The molecule has 0 aliphatic carbocycles. The third-order valence-corrected chi connectivity index (χ3v) is 4.76. The summed E-state index contributed by atoms with van der Waals surface area (Å²) in [5.41, 5.74) is 2.67. The number of anilines is 1. The van der Waals surface area contributed by atoms with Gasteiger partial charge in [-0.15, -0.1) is 0 Å². The number of furan rings is 1. The molecule has 0 bridgehead atoms. The van der Waals surface area contributed by atoms with Gasteiger partial charge < -0.3 is 14.6 Å². The molecule has 0 saturated heterocycles. The maximum Gasteiger partial charge on any atom is 0.290 e. The summed E-state index contributed by atoms with van der Waals surface area (Å²) in [7, 11) is 0. The Hall–Kier alpha value is -3.35. The summed E-state index contributed by atoms with van der Waals surface area (Å²) < 4.78 is 6.89. The molecule has 0 aliphatic rings. The quantitative estimate of drug-likeness (QED) is 0.664. The van der Waals surface area contributed by atoms with Crippen LogP contribution in [0.3, 0.4) is 0 Å². The zero-order chi connectivity index (χ0) is 21.9. The van der Waals surface area contributed by atoms with Crippen LogP contribution in [-0.2, 0) is 10.2 Å². The zero-order valence-corrected chi connectivity index (χ0v) is 18.1. The van der Waals surface area contributed by atoms with Gasteiger partial charge in [-0.1, -0.05) is 38.5 Å². The van der Waals surface area contributed by atoms with Crippen LogP contribution in [-0.4, -0.2) is 39.6 Å². The molecule has 30 heavy (non-hydrogen) atoms. The largest absolute Gasteiger partial charge is 0.459 e. The zero-order valence-electron chi connectivity index (χ0n) is 18.1. The number of benzene rings is 1. The lowest BCUT2D eigenvalue weighted by molar-refractivity contribution is -0.116. The van der Waals surface area contributed by atoms with Crippen molar-refractivity contribution in [1.29, 1.82) is 0 Å². The Kier molecular flexibility index (Phi) is 6.10. The number of hydrogen-bond acceptors (Lipinski definition) is 4. The molecule has 0 saturated carbocycles. The van der Waals surface area contributed by atoms with Crippen LogP contribution in [0.25, 0.3) is 5.69 Å². The molecule has 3 aromatic rings. The molecule has 2 aromatic heterocycles. The summed E-state index contributed by atoms with van der Waals surface area (Å²) >= 11 is 0. The third kappa shape index (κ3) is 4.79. The number of carbonyl (C=O) groups is 2. The molecular formula is C23H28N4O3. The number of aromatic nitrogens is 2. The van der Waals surface area contributed by atoms with Gasteiger partial charge >= 0.3 is 0 Å². The predicted octanol–water partition coefficient (Wildman–Crippen LogP) is 4.17. The van der Waals surface area contributed by atoms with E-state index in [1.54, 1.807) is 16.8 Å². The summed E-state index contributed by atoms with van der Waals surface area (Å²) in [5, 5.41) is 7.63. The Morgan fingerprint density at radius 2 is 1.87 bits per heavy atom. The summed E-state index contributed by atoms with van der Waals surface area (Å²) in [5.74, 6) is 0.158. The van der Waals surface area contributed by atoms with Gasteiger partial charge in [0.15, 0.2) is 5.76 Å². The van der Waals surface area contributed by atoms with Gasteiger partial charge in [0.2, 0.25) is 5.91 Å². The van der Waals surface area contributed by atoms with Crippen molar-refractivity contribution in [2.75, 3.05) is 18.4 Å². The molecule has 2 amide bonds. The fourth-order valence-corrected chi connectivity index (χ4v) is 2.96. The highest BCUT2D eigenvalue weighted by Crippen LogP contribution is 2.26. The second-order valence-corrected chi connectivity index (χ2v) is 8.26. The summed E-state index contributed by atoms with van der Waals surface area (Å²) in [6, 6.07) is 13.0. The van der Waals surface area contributed by atoms with Gasteiger partial charge in [0.05, 0.1) is 17.6 Å². The Morgan fingerprint density at radius 3 is 2.43 bits per heavy atom. The van der Waals surface area contributed by atoms with Crippen molar-refractivity contribution in [3.8, 4) is 5.69 Å². The molecule has 7 nitrogen and oxygen atoms in total. The number of hydrogen-bond donors (Lipinski definition) is 1. The first kappa shape index (κ1) is 21.4. The van der Waals surface area contributed by atoms with E-state index in [0.29, 0.717) is 12.4 Å². The standard InChI is InChI=1S/C23H28N4O3/c1-6-26(22(29)18-8-7-13-30-18)15-21(28)24-20-14-19(23(3,4)5)25-27(20)17-11-9-16(2)10-12-17/h7-14H,6,15H2,1-5H3,(H,24,28). The SMILES string of the molecule is CCN(CC(=O)Nc1cc(C(C)(C)C)nn1-c1ccc(C)cc1)C(=O)c1ccco1. The fourth-order valence-electron chi connectivity index (χ4n) is 2.96. The van der Waals surface area contributed by atoms with Crippen molar-refractivity contribution in [1.82, 2.24) is 14.7 Å². The van der Waals surface area contributed by atoms with E-state index in [1.807, 2.05) is 44.2 Å². The molecule has 0 aliphatic heterocycles. The lowest BCUT2D eigenvalue weighted by Crippen LogP contribution is -2.38. The molecular weight excluding hydrogens is 380 g/mol. The lowest BCUT2D eigenvalue weighted by Gasteiger charge is -2.19. The first-order valence-electron chi connectivity index (χ1n) is 9.99. The minimum atomic E-state index is -0.319. The van der Waals surface area contributed by atoms with Crippen LogP contribution >= 0.6 is 0 Å². The molecule has 0 spiro atoms. The van der Waals surface area contributed by atoms with Gasteiger partial charge in [-0.3, -0.25) is 9.59 Å². The van der Waals surface area contributed by atoms with E-state index in [2.05, 4.69) is 26.1 Å². The van der Waals surface area contributed by atoms with Crippen LogP contribution in [0.5, 0.6) is 0 Å². The molecule has 1 N–H and O–H groups in total. The van der Waals surface area contributed by atoms with Crippen LogP contribution < -0.4 is 5.32 Å². The lowest BCUT2D eigenvalue weighted by atomic mass is 9.92. The molecule has 3 rings (SSSR count). The van der Waals surface area contributed by atoms with Crippen molar-refractivity contribution < 1.29 is 14.0 Å². The monoisotopic (exact) mass is 408 g/mol. The first-order chi connectivity index (χ1) is 14.2. The number of carbonyl (C=O) groups excluding carboxylic acids is 2. The predicted molar refractivity (Wildman–Crippen MR) is 116 cm³/mol. The van der Waals surface area contributed by atoms with Gasteiger partial charge in [-0.05, 0) is 38.1 Å². The third-order valence-electron chi connectivity index (χ3n) is 4.76. The molecule has 0 radical (unpaired) electrons. The Labute approximate surface area is 176 Å². The van der Waals surface area contributed by atoms with Gasteiger partial charge in [0.25, 0.3) is 5.91 Å². The minimum Gasteiger partial charge on any atom is -0.459 e. The van der Waals surface area contributed by atoms with E-state index in [4.69, 9.17) is 9.52 Å². The second kappa shape index (κ2) is 8.57. The number of rotatable bonds is 6. The molecule has 0 unspecified atom stereocenters. The van der Waals surface area contributed by atoms with E-state index >= 15 is 0 Å². The summed E-state index contributed by atoms with van der Waals surface area (Å²) in [4.78, 5) is 26.7. The highest BCUT2D eigenvalue weighted by molar-refractivity contribution is 5.97. The second-order valence-electron chi connectivity index (χ2n) is 8.26. The first-order valence-corrected chi connectivity index (χ1v) is 9.99. The average Bonchev–Trinajstić information content (AvgIpc) is 3.36. The number of nitrogens with zero attached hydrogens (tertiary/aromatic N) is 3. The molecule has 0 fully saturated rings. The van der Waals surface area contributed by atoms with Crippen LogP contribution in [0.15, 0.2) is 53.1 Å². The van der Waals surface area contributed by atoms with E-state index in [0.717, 1.165) is 16.9 Å². The van der Waals surface area contributed by atoms with E-state index in [-0.39, 0.29) is 29.5 Å². The smallest absolute Gasteiger partial charge is 0.290 e. The van der Waals surface area contributed by atoms with Crippen molar-refractivity contribution >= 4 is 17.6 Å². The van der Waals surface area contributed by atoms with E-state index in [9.17, 15) is 9.59 Å². The molecule has 158 valence electrons. The fraction of sp³-hybridized carbons (Fsp3) is 0.348. The topological polar surface area (TPSA) is 80.4 Å². The highest BCUT2D eigenvalue weighted by Gasteiger charge is 2.23. The van der Waals surface area contributed by atoms with Crippen LogP contribution in [0.4, 0.5) is 5.82 Å². The van der Waals surface area contributed by atoms with Crippen LogP contribution in [0.2, 0.25) is 0 Å². The van der Waals surface area contributed by atoms with E-state index < -0.39 is 0 Å². The average molecular weight is 409 g/mol. The normalized spacial score (nSPS) is 11.4. The van der Waals surface area contributed by atoms with Crippen molar-refractivity contribution in [2.45, 2.75) is 40.0 Å². The number of likely N-dealkylation sites (N-methyl/N-ethyl adjacent to an activating group) is 1. The maximum absolute atomic E-state index is 12.8. The minimum absolute atomic E-state index is 0.0834. The van der Waals surface area contributed by atoms with Crippen LogP contribution in [0.1, 0.15) is 49.5 Å². The van der Waals surface area contributed by atoms with Crippen molar-refractivity contribution in [3.05, 3.63) is 65.7 Å². The molecule has 0 atom stereocenters. The maximum atomic E-state index is 12.8. The summed E-state index contributed by atoms with van der Waals surface area (Å²) in [6.07, 6.45) is 1.44. The molecule has 7 heteroatoms. The van der Waals surface area contributed by atoms with Crippen LogP contribution in [0, 0.1) is 6.92 Å². The van der Waals surface area contributed by atoms with Gasteiger partial charge in [0.1, 0.15) is 12.4 Å². The number of nitrogens with one attached hydrogen (secondary N) is 1. The number of amides is 2. The molecule has 1 aromatic carbocycles. The molecule has 2 heterocycles. The Morgan fingerprint density at radius 1 is 1.17 bits per heavy atom. The number of aryl methyl sites for hydroxylation is 1. The van der Waals surface area contributed by atoms with Gasteiger partial charge in [-0.2, -0.15) is 5.10 Å². The Bertz CT molecular complexity index is 1010. The summed E-state index contributed by atoms with van der Waals surface area (Å²) in [6.45, 7) is 10.4. The van der Waals surface area contributed by atoms with Crippen molar-refractivity contribution in [3.63, 3.8) is 0 Å².